The summed E-state index contributed by atoms with van der Waals surface area (Å²) >= 11 is 0. The second-order valence-corrected chi connectivity index (χ2v) is 21.5. The van der Waals surface area contributed by atoms with Gasteiger partial charge in [-0.25, -0.2) is 0 Å². The monoisotopic (exact) mass is 1010 g/mol. The first kappa shape index (κ1) is 58.9. The van der Waals surface area contributed by atoms with Gasteiger partial charge in [-0.3, -0.25) is 0 Å². The Morgan fingerprint density at radius 1 is 0.487 bits per heavy atom. The topological polar surface area (TPSA) is 9.86 Å². The van der Waals surface area contributed by atoms with Gasteiger partial charge in [0.15, 0.2) is 0 Å². The van der Waals surface area contributed by atoms with E-state index in [1.165, 1.54) is 198 Å². The predicted molar refractivity (Wildman–Crippen MR) is 343 cm³/mol. The number of hydrogen-bond donors (Lipinski definition) is 0. The molecule has 2 aromatic heterocycles. The Labute approximate surface area is 460 Å². The molecule has 0 bridgehead atoms. The molecule has 0 atom stereocenters. The third-order valence-electron chi connectivity index (χ3n) is 15.5. The highest BCUT2D eigenvalue weighted by Gasteiger charge is 2.17. The summed E-state index contributed by atoms with van der Waals surface area (Å²) in [6.07, 6.45) is 24.6. The number of nitrogens with zero attached hydrogens (tertiary/aromatic N) is 2. The summed E-state index contributed by atoms with van der Waals surface area (Å²) in [7, 11) is 4.49. The number of benzene rings is 7. The van der Waals surface area contributed by atoms with Crippen LogP contribution in [-0.4, -0.2) is 9.13 Å². The first-order valence-corrected chi connectivity index (χ1v) is 29.5. The van der Waals surface area contributed by atoms with Crippen LogP contribution in [0.5, 0.6) is 0 Å². The van der Waals surface area contributed by atoms with Gasteiger partial charge in [0.25, 0.3) is 0 Å². The Morgan fingerprint density at radius 3 is 1.33 bits per heavy atom. The van der Waals surface area contributed by atoms with Gasteiger partial charge in [-0.15, -0.1) is 6.58 Å². The molecule has 0 amide bonds. The van der Waals surface area contributed by atoms with Crippen molar-refractivity contribution in [2.75, 3.05) is 0 Å². The molecule has 0 aliphatic carbocycles. The van der Waals surface area contributed by atoms with Crippen LogP contribution in [0.25, 0.3) is 88.3 Å². The maximum absolute atomic E-state index is 4.19. The molecule has 400 valence electrons. The molecule has 2 heteroatoms. The fourth-order valence-corrected chi connectivity index (χ4v) is 11.4. The lowest BCUT2D eigenvalue weighted by molar-refractivity contribution is 0.607. The van der Waals surface area contributed by atoms with E-state index in [4.69, 9.17) is 0 Å². The molecule has 0 unspecified atom stereocenters. The number of unbranched alkanes of at least 4 members (excludes halogenated alkanes) is 10. The largest absolute Gasteiger partial charge is 0.343 e. The summed E-state index contributed by atoms with van der Waals surface area (Å²) in [6, 6.07) is 46.6. The van der Waals surface area contributed by atoms with Crippen LogP contribution in [0.15, 0.2) is 146 Å². The second-order valence-electron chi connectivity index (χ2n) is 21.5. The molecule has 0 aliphatic heterocycles. The fourth-order valence-electron chi connectivity index (χ4n) is 11.4. The molecule has 0 aliphatic rings. The maximum atomic E-state index is 4.19. The van der Waals surface area contributed by atoms with Crippen molar-refractivity contribution in [1.82, 2.24) is 9.13 Å². The zero-order valence-electron chi connectivity index (χ0n) is 49.3. The van der Waals surface area contributed by atoms with Crippen LogP contribution in [0.2, 0.25) is 0 Å². The summed E-state index contributed by atoms with van der Waals surface area (Å²) in [5, 5.41) is 10.5. The van der Waals surface area contributed by atoms with Crippen molar-refractivity contribution in [3.05, 3.63) is 180 Å². The van der Waals surface area contributed by atoms with Crippen molar-refractivity contribution in [1.29, 1.82) is 0 Å². The SMILES string of the molecule is C=C(CCC)c1ccc(C=C(C)C)c(C)c1C.C=CC.CC.CCCCCCCCc1cccc(-c2cc3ccc4c5ccc6c(ccc7cc(-c8cccc(CCCCCCCC)c8)n(C)c76)c5ccc4c3n2C)c1. The van der Waals surface area contributed by atoms with Crippen molar-refractivity contribution in [3.63, 3.8) is 0 Å². The molecule has 0 saturated heterocycles. The summed E-state index contributed by atoms with van der Waals surface area (Å²) < 4.78 is 4.85. The first-order chi connectivity index (χ1) is 36.9. The summed E-state index contributed by atoms with van der Waals surface area (Å²) in [6.45, 7) is 28.9. The van der Waals surface area contributed by atoms with Gasteiger partial charge >= 0.3 is 0 Å². The molecular formula is C74H94N2. The van der Waals surface area contributed by atoms with Gasteiger partial charge in [0.05, 0.1) is 11.0 Å². The van der Waals surface area contributed by atoms with Crippen LogP contribution in [0, 0.1) is 13.8 Å². The van der Waals surface area contributed by atoms with E-state index in [1.807, 2.05) is 20.8 Å². The normalized spacial score (nSPS) is 11.1. The minimum atomic E-state index is 1.09. The number of aryl methyl sites for hydroxylation is 4. The lowest BCUT2D eigenvalue weighted by Gasteiger charge is -2.13. The highest BCUT2D eigenvalue weighted by Crippen LogP contribution is 2.40. The predicted octanol–water partition coefficient (Wildman–Crippen LogP) is 23.0. The molecule has 9 rings (SSSR count). The number of aromatic nitrogens is 2. The van der Waals surface area contributed by atoms with Gasteiger partial charge < -0.3 is 9.13 Å². The van der Waals surface area contributed by atoms with E-state index in [1.54, 1.807) is 6.08 Å². The molecule has 0 N–H and O–H groups in total. The van der Waals surface area contributed by atoms with Crippen LogP contribution in [0.4, 0.5) is 0 Å². The molecule has 2 heterocycles. The quantitative estimate of drug-likeness (QED) is 0.0409. The Hall–Kier alpha value is -6.38. The van der Waals surface area contributed by atoms with Crippen LogP contribution < -0.4 is 0 Å². The van der Waals surface area contributed by atoms with E-state index in [2.05, 4.69) is 212 Å². The first-order valence-electron chi connectivity index (χ1n) is 29.5. The molecule has 76 heavy (non-hydrogen) atoms. The van der Waals surface area contributed by atoms with E-state index in [9.17, 15) is 0 Å². The third-order valence-corrected chi connectivity index (χ3v) is 15.5. The third kappa shape index (κ3) is 14.2. The highest BCUT2D eigenvalue weighted by atomic mass is 15.0. The number of fused-ring (bicyclic) bond motifs is 9. The molecule has 0 fully saturated rings. The van der Waals surface area contributed by atoms with Crippen molar-refractivity contribution < 1.29 is 0 Å². The molecule has 0 saturated carbocycles. The average Bonchev–Trinajstić information content (AvgIpc) is 4.00. The molecule has 9 aromatic rings. The number of rotatable bonds is 20. The van der Waals surface area contributed by atoms with E-state index in [0.717, 1.165) is 25.7 Å². The van der Waals surface area contributed by atoms with Crippen molar-refractivity contribution in [2.24, 2.45) is 14.1 Å². The molecule has 7 aromatic carbocycles. The van der Waals surface area contributed by atoms with Gasteiger partial charge in [0.1, 0.15) is 0 Å². The molecular weight excluding hydrogens is 917 g/mol. The number of hydrogen-bond acceptors (Lipinski definition) is 0. The van der Waals surface area contributed by atoms with E-state index < -0.39 is 0 Å². The maximum Gasteiger partial charge on any atom is 0.0562 e. The zero-order valence-corrected chi connectivity index (χ0v) is 49.3. The Kier molecular flexibility index (Phi) is 22.6. The molecule has 0 radical (unpaired) electrons. The Bertz CT molecular complexity index is 3200. The van der Waals surface area contributed by atoms with Gasteiger partial charge in [-0.1, -0.05) is 227 Å². The summed E-state index contributed by atoms with van der Waals surface area (Å²) in [4.78, 5) is 0. The van der Waals surface area contributed by atoms with Gasteiger partial charge in [-0.2, -0.15) is 0 Å². The fraction of sp³-hybridized carbons (Fsp3) is 0.378. The van der Waals surface area contributed by atoms with E-state index in [0.29, 0.717) is 0 Å². The molecule has 2 nitrogen and oxygen atoms in total. The highest BCUT2D eigenvalue weighted by molar-refractivity contribution is 6.24. The lowest BCUT2D eigenvalue weighted by atomic mass is 9.92. The van der Waals surface area contributed by atoms with Crippen molar-refractivity contribution in [2.45, 2.75) is 172 Å². The lowest BCUT2D eigenvalue weighted by Crippen LogP contribution is -1.94. The van der Waals surface area contributed by atoms with Crippen molar-refractivity contribution >= 4 is 65.8 Å². The Morgan fingerprint density at radius 2 is 0.895 bits per heavy atom. The average molecular weight is 1010 g/mol. The van der Waals surface area contributed by atoms with E-state index in [-0.39, 0.29) is 0 Å². The van der Waals surface area contributed by atoms with E-state index >= 15 is 0 Å². The smallest absolute Gasteiger partial charge is 0.0562 e. The van der Waals surface area contributed by atoms with Gasteiger partial charge in [0.2, 0.25) is 0 Å². The van der Waals surface area contributed by atoms with Crippen LogP contribution in [-0.2, 0) is 26.9 Å². The molecule has 0 spiro atoms. The van der Waals surface area contributed by atoms with Crippen LogP contribution in [0.3, 0.4) is 0 Å². The van der Waals surface area contributed by atoms with Crippen molar-refractivity contribution in [3.8, 4) is 22.5 Å². The van der Waals surface area contributed by atoms with Crippen LogP contribution >= 0.6 is 0 Å². The minimum Gasteiger partial charge on any atom is -0.343 e. The standard InChI is InChI=1S/C52H58N2.C17H24.C3H6.C2H6/c1-5-7-9-11-13-15-19-37-21-17-23-39(33-37)49-35-41-25-27-45-43-30-32-48-46(44(43)29-31-47(45)51(41)53(49)3)28-26-42-36-50(54(4)52(42)48)40-24-18-22-38(34-40)20-16-14-12-10-8-6-2;1-7-8-13(4)17-10-9-16(11-12(2)3)14(5)15(17)6;1-3-2;1-2/h17-18,21-36H,5-16,19-20H2,1-4H3;9-11H,4,7-8H2,1-3,5-6H3;3H,1H2,2H3;1-2H3. The van der Waals surface area contributed by atoms with Gasteiger partial charge in [-0.05, 0) is 163 Å². The minimum absolute atomic E-state index is 1.09. The number of allylic oxidation sites excluding steroid dienone is 3. The van der Waals surface area contributed by atoms with Crippen LogP contribution in [0.1, 0.15) is 179 Å². The Balaban J connectivity index is 0.000000359. The zero-order chi connectivity index (χ0) is 54.7. The summed E-state index contributed by atoms with van der Waals surface area (Å²) in [5.74, 6) is 0. The van der Waals surface area contributed by atoms with Gasteiger partial charge in [0, 0.05) is 47.0 Å². The second kappa shape index (κ2) is 29.2. The summed E-state index contributed by atoms with van der Waals surface area (Å²) in [5.41, 5.74) is 18.7.